The van der Waals surface area contributed by atoms with Crippen LogP contribution in [0.25, 0.3) is 0 Å². The Kier molecular flexibility index (Phi) is 4.08. The normalized spacial score (nSPS) is 20.6. The molecule has 1 unspecified atom stereocenters. The maximum atomic E-state index is 11.4. The minimum Gasteiger partial charge on any atom is -0.378 e. The van der Waals surface area contributed by atoms with Gasteiger partial charge in [0.2, 0.25) is 5.91 Å². The highest BCUT2D eigenvalue weighted by atomic mass is 16.5. The third kappa shape index (κ3) is 2.76. The molecule has 1 aromatic heterocycles. The molecular formula is C11H17N5O2. The number of hydrogen-bond acceptors (Lipinski definition) is 6. The number of nitrogens with two attached hydrogens (primary N) is 2. The summed E-state index contributed by atoms with van der Waals surface area (Å²) >= 11 is 0. The van der Waals surface area contributed by atoms with Gasteiger partial charge in [0.1, 0.15) is 11.9 Å². The van der Waals surface area contributed by atoms with Crippen molar-refractivity contribution in [3.05, 3.63) is 23.9 Å². The summed E-state index contributed by atoms with van der Waals surface area (Å²) in [6, 6.07) is 3.34. The monoisotopic (exact) mass is 251 g/mol. The summed E-state index contributed by atoms with van der Waals surface area (Å²) in [5, 5.41) is 0. The molecule has 1 aromatic rings. The van der Waals surface area contributed by atoms with E-state index in [1.807, 2.05) is 17.0 Å². The van der Waals surface area contributed by atoms with E-state index in [9.17, 15) is 4.79 Å². The Balaban J connectivity index is 2.13. The second-order valence-corrected chi connectivity index (χ2v) is 4.12. The molecule has 0 aliphatic carbocycles. The van der Waals surface area contributed by atoms with Crippen molar-refractivity contribution in [3.63, 3.8) is 0 Å². The number of nitrogen functional groups attached to an aromatic ring is 1. The molecule has 0 radical (unpaired) electrons. The number of aromatic nitrogens is 1. The molecular weight excluding hydrogens is 234 g/mol. The molecule has 1 aliphatic heterocycles. The van der Waals surface area contributed by atoms with Gasteiger partial charge in [-0.05, 0) is 6.07 Å². The Labute approximate surface area is 105 Å². The van der Waals surface area contributed by atoms with Gasteiger partial charge in [-0.1, -0.05) is 6.07 Å². The van der Waals surface area contributed by atoms with Crippen LogP contribution >= 0.6 is 0 Å². The van der Waals surface area contributed by atoms with Crippen molar-refractivity contribution < 1.29 is 9.53 Å². The van der Waals surface area contributed by atoms with Crippen LogP contribution in [0.2, 0.25) is 0 Å². The summed E-state index contributed by atoms with van der Waals surface area (Å²) in [5.41, 5.74) is 8.83. The summed E-state index contributed by atoms with van der Waals surface area (Å²) < 4.78 is 5.27. The van der Waals surface area contributed by atoms with Crippen molar-refractivity contribution in [3.8, 4) is 0 Å². The second kappa shape index (κ2) is 5.76. The van der Waals surface area contributed by atoms with E-state index in [1.54, 1.807) is 6.20 Å². The Morgan fingerprint density at radius 2 is 2.50 bits per heavy atom. The standard InChI is InChI=1S/C11H17N5O2/c12-10(17)9-7-18-5-4-16(9)6-8-2-1-3-14-11(8)15-13/h1-3,9H,4-7,13H2,(H2,12,17)(H,14,15). The van der Waals surface area contributed by atoms with E-state index >= 15 is 0 Å². The second-order valence-electron chi connectivity index (χ2n) is 4.12. The predicted molar refractivity (Wildman–Crippen MR) is 66.3 cm³/mol. The largest absolute Gasteiger partial charge is 0.378 e. The van der Waals surface area contributed by atoms with E-state index in [0.29, 0.717) is 32.1 Å². The summed E-state index contributed by atoms with van der Waals surface area (Å²) in [5.74, 6) is 5.63. The molecule has 1 fully saturated rings. The zero-order valence-corrected chi connectivity index (χ0v) is 10.0. The number of nitrogens with zero attached hydrogens (tertiary/aromatic N) is 2. The van der Waals surface area contributed by atoms with Crippen LogP contribution in [0.15, 0.2) is 18.3 Å². The van der Waals surface area contributed by atoms with Crippen LogP contribution in [-0.4, -0.2) is 41.6 Å². The van der Waals surface area contributed by atoms with Crippen molar-refractivity contribution in [2.45, 2.75) is 12.6 Å². The maximum Gasteiger partial charge on any atom is 0.237 e. The Bertz CT molecular complexity index is 426. The molecule has 18 heavy (non-hydrogen) atoms. The molecule has 1 aliphatic rings. The van der Waals surface area contributed by atoms with E-state index in [-0.39, 0.29) is 5.91 Å². The first-order valence-electron chi connectivity index (χ1n) is 5.74. The Morgan fingerprint density at radius 3 is 3.22 bits per heavy atom. The van der Waals surface area contributed by atoms with E-state index in [2.05, 4.69) is 10.4 Å². The van der Waals surface area contributed by atoms with Gasteiger partial charge in [-0.3, -0.25) is 9.69 Å². The summed E-state index contributed by atoms with van der Waals surface area (Å²) in [4.78, 5) is 17.5. The zero-order chi connectivity index (χ0) is 13.0. The molecule has 5 N–H and O–H groups in total. The molecule has 0 aromatic carbocycles. The summed E-state index contributed by atoms with van der Waals surface area (Å²) in [6.07, 6.45) is 1.66. The van der Waals surface area contributed by atoms with Gasteiger partial charge in [0.25, 0.3) is 0 Å². The molecule has 0 spiro atoms. The number of hydrazine groups is 1. The number of morpholine rings is 1. The first kappa shape index (κ1) is 12.7. The van der Waals surface area contributed by atoms with Crippen molar-refractivity contribution in [1.82, 2.24) is 9.88 Å². The van der Waals surface area contributed by atoms with Crippen LogP contribution in [0, 0.1) is 0 Å². The lowest BCUT2D eigenvalue weighted by Crippen LogP contribution is -2.51. The maximum absolute atomic E-state index is 11.4. The molecule has 1 atom stereocenters. The molecule has 98 valence electrons. The number of rotatable bonds is 4. The number of carbonyl (C=O) groups excluding carboxylic acids is 1. The van der Waals surface area contributed by atoms with Gasteiger partial charge in [-0.25, -0.2) is 10.8 Å². The number of hydrogen-bond donors (Lipinski definition) is 3. The molecule has 1 saturated heterocycles. The average molecular weight is 251 g/mol. The topological polar surface area (TPSA) is 106 Å². The molecule has 7 heteroatoms. The minimum atomic E-state index is -0.399. The highest BCUT2D eigenvalue weighted by Crippen LogP contribution is 2.16. The van der Waals surface area contributed by atoms with E-state index in [0.717, 1.165) is 5.56 Å². The third-order valence-corrected chi connectivity index (χ3v) is 2.97. The molecule has 7 nitrogen and oxygen atoms in total. The summed E-state index contributed by atoms with van der Waals surface area (Å²) in [7, 11) is 0. The first-order chi connectivity index (χ1) is 8.72. The average Bonchev–Trinajstić information content (AvgIpc) is 2.40. The van der Waals surface area contributed by atoms with Crippen LogP contribution in [0.5, 0.6) is 0 Å². The highest BCUT2D eigenvalue weighted by molar-refractivity contribution is 5.80. The molecule has 0 saturated carbocycles. The summed E-state index contributed by atoms with van der Waals surface area (Å²) in [6.45, 7) is 2.15. The Hall–Kier alpha value is -1.70. The number of carbonyl (C=O) groups is 1. The van der Waals surface area contributed by atoms with Crippen molar-refractivity contribution in [2.24, 2.45) is 11.6 Å². The number of anilines is 1. The SMILES string of the molecule is NNc1ncccc1CN1CCOCC1C(N)=O. The minimum absolute atomic E-state index is 0.334. The highest BCUT2D eigenvalue weighted by Gasteiger charge is 2.28. The number of ether oxygens (including phenoxy) is 1. The van der Waals surface area contributed by atoms with Crippen LogP contribution in [-0.2, 0) is 16.1 Å². The van der Waals surface area contributed by atoms with E-state index in [1.165, 1.54) is 0 Å². The predicted octanol–water partition coefficient (Wildman–Crippen LogP) is -0.947. The quantitative estimate of drug-likeness (QED) is 0.470. The number of primary amides is 1. The zero-order valence-electron chi connectivity index (χ0n) is 10.0. The van der Waals surface area contributed by atoms with Crippen molar-refractivity contribution >= 4 is 11.7 Å². The van der Waals surface area contributed by atoms with Gasteiger partial charge in [0, 0.05) is 24.8 Å². The van der Waals surface area contributed by atoms with Gasteiger partial charge in [-0.15, -0.1) is 0 Å². The molecule has 2 rings (SSSR count). The third-order valence-electron chi connectivity index (χ3n) is 2.97. The van der Waals surface area contributed by atoms with Crippen LogP contribution in [0.1, 0.15) is 5.56 Å². The fourth-order valence-corrected chi connectivity index (χ4v) is 2.00. The van der Waals surface area contributed by atoms with Crippen molar-refractivity contribution in [2.75, 3.05) is 25.2 Å². The lowest BCUT2D eigenvalue weighted by molar-refractivity contribution is -0.129. The van der Waals surface area contributed by atoms with E-state index in [4.69, 9.17) is 16.3 Å². The number of nitrogens with one attached hydrogen (secondary N) is 1. The molecule has 0 bridgehead atoms. The van der Waals surface area contributed by atoms with Gasteiger partial charge in [0.05, 0.1) is 13.2 Å². The van der Waals surface area contributed by atoms with Gasteiger partial charge < -0.3 is 15.9 Å². The first-order valence-corrected chi connectivity index (χ1v) is 5.74. The van der Waals surface area contributed by atoms with E-state index < -0.39 is 6.04 Å². The fraction of sp³-hybridized carbons (Fsp3) is 0.455. The lowest BCUT2D eigenvalue weighted by Gasteiger charge is -2.33. The Morgan fingerprint density at radius 1 is 1.67 bits per heavy atom. The van der Waals surface area contributed by atoms with Gasteiger partial charge in [-0.2, -0.15) is 0 Å². The van der Waals surface area contributed by atoms with Crippen molar-refractivity contribution in [1.29, 1.82) is 0 Å². The molecule has 2 heterocycles. The van der Waals surface area contributed by atoms with Gasteiger partial charge >= 0.3 is 0 Å². The van der Waals surface area contributed by atoms with Crippen LogP contribution in [0.4, 0.5) is 5.82 Å². The smallest absolute Gasteiger partial charge is 0.237 e. The fourth-order valence-electron chi connectivity index (χ4n) is 2.00. The van der Waals surface area contributed by atoms with Crippen LogP contribution < -0.4 is 17.0 Å². The lowest BCUT2D eigenvalue weighted by atomic mass is 10.1. The van der Waals surface area contributed by atoms with Gasteiger partial charge in [0.15, 0.2) is 0 Å². The van der Waals surface area contributed by atoms with Crippen LogP contribution in [0.3, 0.4) is 0 Å². The number of amides is 1. The number of pyridine rings is 1. The molecule has 1 amide bonds.